The second kappa shape index (κ2) is 7.85. The maximum atomic E-state index is 12.1. The number of aliphatic imine (C=N–C) groups is 1. The molecule has 0 bridgehead atoms. The van der Waals surface area contributed by atoms with Crippen LogP contribution in [0.3, 0.4) is 0 Å². The predicted octanol–water partition coefficient (Wildman–Crippen LogP) is 5.24. The van der Waals surface area contributed by atoms with Crippen molar-refractivity contribution in [3.8, 4) is 5.75 Å². The van der Waals surface area contributed by atoms with E-state index < -0.39 is 11.9 Å². The molecule has 3 rings (SSSR count). The summed E-state index contributed by atoms with van der Waals surface area (Å²) in [5, 5.41) is 0. The highest BCUT2D eigenvalue weighted by Gasteiger charge is 2.24. The van der Waals surface area contributed by atoms with Gasteiger partial charge in [0.2, 0.25) is 5.90 Å². The summed E-state index contributed by atoms with van der Waals surface area (Å²) in [6.07, 6.45) is 1.60. The quantitative estimate of drug-likeness (QED) is 0.301. The second-order valence-electron chi connectivity index (χ2n) is 5.25. The van der Waals surface area contributed by atoms with Crippen LogP contribution in [0.1, 0.15) is 18.1 Å². The number of carbonyl (C=O) groups excluding carboxylic acids is 2. The summed E-state index contributed by atoms with van der Waals surface area (Å²) in [4.78, 5) is 27.6. The van der Waals surface area contributed by atoms with Crippen LogP contribution in [0.5, 0.6) is 5.75 Å². The van der Waals surface area contributed by atoms with Gasteiger partial charge in [-0.3, -0.25) is 4.79 Å². The van der Waals surface area contributed by atoms with Crippen LogP contribution in [0.4, 0.5) is 0 Å². The smallest absolute Gasteiger partial charge is 0.363 e. The van der Waals surface area contributed by atoms with Gasteiger partial charge in [-0.05, 0) is 73.8 Å². The number of hydrogen-bond acceptors (Lipinski definition) is 5. The van der Waals surface area contributed by atoms with Gasteiger partial charge in [-0.1, -0.05) is 22.0 Å². The predicted molar refractivity (Wildman–Crippen MR) is 108 cm³/mol. The molecule has 26 heavy (non-hydrogen) atoms. The second-order valence-corrected chi connectivity index (χ2v) is 7.88. The molecule has 0 atom stereocenters. The van der Waals surface area contributed by atoms with Crippen LogP contribution in [0.25, 0.3) is 6.08 Å². The van der Waals surface area contributed by atoms with E-state index in [1.807, 2.05) is 18.2 Å². The van der Waals surface area contributed by atoms with Gasteiger partial charge >= 0.3 is 11.9 Å². The fraction of sp³-hybridized carbons (Fsp3) is 0.0556. The Morgan fingerprint density at radius 3 is 2.46 bits per heavy atom. The molecule has 2 aromatic carbocycles. The van der Waals surface area contributed by atoms with Crippen molar-refractivity contribution >= 4 is 71.7 Å². The number of carbonyl (C=O) groups is 2. The van der Waals surface area contributed by atoms with Crippen molar-refractivity contribution < 1.29 is 19.1 Å². The van der Waals surface area contributed by atoms with Gasteiger partial charge in [0, 0.05) is 17.0 Å². The molecule has 0 aromatic heterocycles. The Kier molecular flexibility index (Phi) is 5.74. The molecular formula is C18H10Br3NO4. The average Bonchev–Trinajstić information content (AvgIpc) is 2.92. The number of esters is 2. The molecule has 0 radical (unpaired) electrons. The minimum Gasteiger partial charge on any atom is -0.424 e. The minimum absolute atomic E-state index is 0.180. The van der Waals surface area contributed by atoms with Crippen LogP contribution in [0.2, 0.25) is 0 Å². The monoisotopic (exact) mass is 541 g/mol. The molecule has 0 saturated heterocycles. The van der Waals surface area contributed by atoms with Gasteiger partial charge in [-0.2, -0.15) is 0 Å². The first-order valence-corrected chi connectivity index (χ1v) is 9.67. The standard InChI is InChI=1S/C18H10Br3NO4/c1-9(23)25-16-13(20)5-10(6-14(16)21)7-15-18(24)26-17(22-15)11-3-2-4-12(19)8-11/h2-8H,1H3/b15-7-. The van der Waals surface area contributed by atoms with Crippen LogP contribution in [-0.2, 0) is 14.3 Å². The zero-order chi connectivity index (χ0) is 18.8. The number of ether oxygens (including phenoxy) is 2. The van der Waals surface area contributed by atoms with Crippen LogP contribution >= 0.6 is 47.8 Å². The molecule has 0 amide bonds. The number of nitrogens with zero attached hydrogens (tertiary/aromatic N) is 1. The van der Waals surface area contributed by atoms with Crippen molar-refractivity contribution in [3.63, 3.8) is 0 Å². The van der Waals surface area contributed by atoms with Gasteiger partial charge in [0.25, 0.3) is 0 Å². The van der Waals surface area contributed by atoms with E-state index in [1.165, 1.54) is 6.92 Å². The first-order valence-electron chi connectivity index (χ1n) is 7.29. The summed E-state index contributed by atoms with van der Waals surface area (Å²) in [6.45, 7) is 1.32. The van der Waals surface area contributed by atoms with Crippen LogP contribution < -0.4 is 4.74 Å². The van der Waals surface area contributed by atoms with Crippen molar-refractivity contribution in [1.82, 2.24) is 0 Å². The number of hydrogen-bond donors (Lipinski definition) is 0. The molecule has 0 N–H and O–H groups in total. The SMILES string of the molecule is CC(=O)Oc1c(Br)cc(/C=C2\N=C(c3cccc(Br)c3)OC2=O)cc1Br. The molecule has 8 heteroatoms. The van der Waals surface area contributed by atoms with Gasteiger partial charge in [0.05, 0.1) is 8.95 Å². The molecule has 132 valence electrons. The average molecular weight is 544 g/mol. The van der Waals surface area contributed by atoms with Gasteiger partial charge in [0.1, 0.15) is 0 Å². The van der Waals surface area contributed by atoms with E-state index in [0.29, 0.717) is 25.8 Å². The molecular weight excluding hydrogens is 534 g/mol. The van der Waals surface area contributed by atoms with E-state index in [4.69, 9.17) is 9.47 Å². The zero-order valence-electron chi connectivity index (χ0n) is 13.3. The van der Waals surface area contributed by atoms with E-state index >= 15 is 0 Å². The van der Waals surface area contributed by atoms with Crippen molar-refractivity contribution in [2.45, 2.75) is 6.92 Å². The van der Waals surface area contributed by atoms with Gasteiger partial charge in [0.15, 0.2) is 11.4 Å². The van der Waals surface area contributed by atoms with Gasteiger partial charge in [-0.15, -0.1) is 0 Å². The Labute approximate surface area is 174 Å². The van der Waals surface area contributed by atoms with Crippen molar-refractivity contribution in [2.75, 3.05) is 0 Å². The Morgan fingerprint density at radius 1 is 1.15 bits per heavy atom. The topological polar surface area (TPSA) is 65.0 Å². The molecule has 0 saturated carbocycles. The maximum absolute atomic E-state index is 12.1. The van der Waals surface area contributed by atoms with Crippen molar-refractivity contribution in [1.29, 1.82) is 0 Å². The van der Waals surface area contributed by atoms with E-state index in [2.05, 4.69) is 52.8 Å². The first kappa shape index (κ1) is 19.0. The molecule has 2 aromatic rings. The maximum Gasteiger partial charge on any atom is 0.363 e. The summed E-state index contributed by atoms with van der Waals surface area (Å²) in [5.74, 6) is -0.347. The van der Waals surface area contributed by atoms with Gasteiger partial charge in [-0.25, -0.2) is 9.79 Å². The van der Waals surface area contributed by atoms with Crippen LogP contribution in [0.15, 0.2) is 60.5 Å². The van der Waals surface area contributed by atoms with Crippen molar-refractivity contribution in [3.05, 3.63) is 66.6 Å². The molecule has 1 aliphatic rings. The normalized spacial score (nSPS) is 15.0. The third kappa shape index (κ3) is 4.31. The third-order valence-corrected chi connectivity index (χ3v) is 4.93. The highest BCUT2D eigenvalue weighted by Crippen LogP contribution is 2.36. The van der Waals surface area contributed by atoms with E-state index in [1.54, 1.807) is 24.3 Å². The Bertz CT molecular complexity index is 959. The lowest BCUT2D eigenvalue weighted by molar-refractivity contribution is -0.132. The molecule has 1 aliphatic heterocycles. The molecule has 0 aliphatic carbocycles. The van der Waals surface area contributed by atoms with Crippen molar-refractivity contribution in [2.24, 2.45) is 4.99 Å². The highest BCUT2D eigenvalue weighted by molar-refractivity contribution is 9.11. The lowest BCUT2D eigenvalue weighted by Gasteiger charge is -2.08. The minimum atomic E-state index is -0.531. The Morgan fingerprint density at radius 2 is 1.85 bits per heavy atom. The van der Waals surface area contributed by atoms with Crippen LogP contribution in [-0.4, -0.2) is 17.8 Å². The van der Waals surface area contributed by atoms with E-state index in [-0.39, 0.29) is 11.6 Å². The summed E-state index contributed by atoms with van der Waals surface area (Å²) in [7, 11) is 0. The van der Waals surface area contributed by atoms with E-state index in [9.17, 15) is 9.59 Å². The highest BCUT2D eigenvalue weighted by atomic mass is 79.9. The Hall–Kier alpha value is -1.77. The zero-order valence-corrected chi connectivity index (χ0v) is 18.0. The number of halogens is 3. The van der Waals surface area contributed by atoms with E-state index in [0.717, 1.165) is 4.47 Å². The third-order valence-electron chi connectivity index (χ3n) is 3.26. The fourth-order valence-electron chi connectivity index (χ4n) is 2.22. The largest absolute Gasteiger partial charge is 0.424 e. The number of benzene rings is 2. The lowest BCUT2D eigenvalue weighted by Crippen LogP contribution is -2.05. The summed E-state index contributed by atoms with van der Waals surface area (Å²) >= 11 is 10.1. The number of rotatable bonds is 3. The fourth-order valence-corrected chi connectivity index (χ4v) is 4.00. The molecule has 0 unspecified atom stereocenters. The molecule has 1 heterocycles. The lowest BCUT2D eigenvalue weighted by atomic mass is 10.2. The van der Waals surface area contributed by atoms with Crippen LogP contribution in [0, 0.1) is 0 Å². The Balaban J connectivity index is 1.94. The number of cyclic esters (lactones) is 1. The molecule has 0 fully saturated rings. The molecule has 5 nitrogen and oxygen atoms in total. The molecule has 0 spiro atoms. The summed E-state index contributed by atoms with van der Waals surface area (Å²) in [6, 6.07) is 10.8. The first-order chi connectivity index (χ1) is 12.3. The summed E-state index contributed by atoms with van der Waals surface area (Å²) in [5.41, 5.74) is 1.56. The van der Waals surface area contributed by atoms with Gasteiger partial charge < -0.3 is 9.47 Å². The summed E-state index contributed by atoms with van der Waals surface area (Å²) < 4.78 is 12.4.